The number of hydrogen-bond acceptors (Lipinski definition) is 4. The molecule has 0 unspecified atom stereocenters. The minimum Gasteiger partial charge on any atom is -0.331 e. The molecule has 8 heteroatoms. The number of rotatable bonds is 7. The van der Waals surface area contributed by atoms with E-state index in [4.69, 9.17) is 0 Å². The number of pyridine rings is 1. The first-order valence-electron chi connectivity index (χ1n) is 9.51. The van der Waals surface area contributed by atoms with Crippen LogP contribution in [0.3, 0.4) is 0 Å². The Morgan fingerprint density at radius 1 is 1.07 bits per heavy atom. The average molecular weight is 425 g/mol. The first-order chi connectivity index (χ1) is 14.4. The lowest BCUT2D eigenvalue weighted by Crippen LogP contribution is -2.32. The lowest BCUT2D eigenvalue weighted by molar-refractivity contribution is 0.0730. The molecule has 30 heavy (non-hydrogen) atoms. The fourth-order valence-corrected chi connectivity index (χ4v) is 4.17. The number of carbonyl (C=O) groups excluding carboxylic acids is 1. The van der Waals surface area contributed by atoms with Crippen molar-refractivity contribution < 1.29 is 17.6 Å². The van der Waals surface area contributed by atoms with Crippen LogP contribution < -0.4 is 4.72 Å². The van der Waals surface area contributed by atoms with Gasteiger partial charge in [-0.3, -0.25) is 14.5 Å². The van der Waals surface area contributed by atoms with Gasteiger partial charge in [0.2, 0.25) is 0 Å². The van der Waals surface area contributed by atoms with Crippen molar-refractivity contribution in [3.05, 3.63) is 90.0 Å². The van der Waals surface area contributed by atoms with Gasteiger partial charge in [0.1, 0.15) is 5.82 Å². The molecule has 1 aliphatic rings. The van der Waals surface area contributed by atoms with Crippen molar-refractivity contribution in [1.29, 1.82) is 0 Å². The van der Waals surface area contributed by atoms with Gasteiger partial charge >= 0.3 is 0 Å². The number of amides is 1. The number of nitrogens with one attached hydrogen (secondary N) is 1. The third-order valence-corrected chi connectivity index (χ3v) is 6.23. The Bertz CT molecular complexity index is 1130. The Balaban J connectivity index is 1.48. The van der Waals surface area contributed by atoms with E-state index in [0.717, 1.165) is 30.5 Å². The number of anilines is 1. The Labute approximate surface area is 174 Å². The number of sulfonamides is 1. The summed E-state index contributed by atoms with van der Waals surface area (Å²) in [5.74, 6) is -0.613. The maximum absolute atomic E-state index is 13.0. The summed E-state index contributed by atoms with van der Waals surface area (Å²) >= 11 is 0. The van der Waals surface area contributed by atoms with Crippen molar-refractivity contribution in [3.63, 3.8) is 0 Å². The van der Waals surface area contributed by atoms with E-state index in [0.29, 0.717) is 17.8 Å². The molecule has 1 amide bonds. The van der Waals surface area contributed by atoms with E-state index in [1.165, 1.54) is 12.1 Å². The summed E-state index contributed by atoms with van der Waals surface area (Å²) < 4.78 is 40.3. The molecule has 1 saturated carbocycles. The van der Waals surface area contributed by atoms with Gasteiger partial charge < -0.3 is 4.90 Å². The number of carbonyl (C=O) groups is 1. The topological polar surface area (TPSA) is 79.4 Å². The molecule has 0 radical (unpaired) electrons. The molecule has 2 aromatic carbocycles. The standard InChI is InChI=1S/C22H20FN3O3S/c23-18-5-11-21(12-6-18)30(28,29)25-19-7-3-17(4-8-19)22(27)26(20-9-10-20)15-16-2-1-13-24-14-16/h1-8,11-14,20,25H,9-10,15H2. The SMILES string of the molecule is O=C(c1ccc(NS(=O)(=O)c2ccc(F)cc2)cc1)N(Cc1cccnc1)C1CC1. The fourth-order valence-electron chi connectivity index (χ4n) is 3.12. The quantitative estimate of drug-likeness (QED) is 0.624. The molecule has 1 aromatic heterocycles. The van der Waals surface area contributed by atoms with E-state index in [2.05, 4.69) is 9.71 Å². The van der Waals surface area contributed by atoms with Crippen molar-refractivity contribution >= 4 is 21.6 Å². The van der Waals surface area contributed by atoms with Crippen molar-refractivity contribution in [3.8, 4) is 0 Å². The summed E-state index contributed by atoms with van der Waals surface area (Å²) in [5.41, 5.74) is 1.76. The Morgan fingerprint density at radius 2 is 1.77 bits per heavy atom. The van der Waals surface area contributed by atoms with E-state index in [1.54, 1.807) is 36.7 Å². The maximum Gasteiger partial charge on any atom is 0.261 e. The van der Waals surface area contributed by atoms with Gasteiger partial charge in [-0.2, -0.15) is 0 Å². The predicted octanol–water partition coefficient (Wildman–Crippen LogP) is 3.83. The van der Waals surface area contributed by atoms with Crippen LogP contribution in [-0.2, 0) is 16.6 Å². The Hall–Kier alpha value is -3.26. The highest BCUT2D eigenvalue weighted by atomic mass is 32.2. The summed E-state index contributed by atoms with van der Waals surface area (Å²) in [4.78, 5) is 18.9. The molecule has 1 N–H and O–H groups in total. The smallest absolute Gasteiger partial charge is 0.261 e. The molecular formula is C22H20FN3O3S. The molecule has 1 aliphatic carbocycles. The van der Waals surface area contributed by atoms with Crippen LogP contribution >= 0.6 is 0 Å². The van der Waals surface area contributed by atoms with Gasteiger partial charge in [-0.1, -0.05) is 6.07 Å². The second-order valence-corrected chi connectivity index (χ2v) is 8.84. The van der Waals surface area contributed by atoms with Gasteiger partial charge in [-0.25, -0.2) is 12.8 Å². The molecule has 0 spiro atoms. The third kappa shape index (κ3) is 4.65. The van der Waals surface area contributed by atoms with Gasteiger partial charge in [-0.15, -0.1) is 0 Å². The van der Waals surface area contributed by atoms with Crippen molar-refractivity contribution in [2.45, 2.75) is 30.3 Å². The predicted molar refractivity (Wildman–Crippen MR) is 111 cm³/mol. The lowest BCUT2D eigenvalue weighted by atomic mass is 10.1. The zero-order chi connectivity index (χ0) is 21.1. The molecule has 6 nitrogen and oxygen atoms in total. The molecule has 0 atom stereocenters. The Morgan fingerprint density at radius 3 is 2.37 bits per heavy atom. The minimum atomic E-state index is -3.84. The lowest BCUT2D eigenvalue weighted by Gasteiger charge is -2.22. The summed E-state index contributed by atoms with van der Waals surface area (Å²) in [6.45, 7) is 0.482. The summed E-state index contributed by atoms with van der Waals surface area (Å²) in [6.07, 6.45) is 5.39. The zero-order valence-electron chi connectivity index (χ0n) is 16.0. The molecule has 1 heterocycles. The number of hydrogen-bond donors (Lipinski definition) is 1. The fraction of sp³-hybridized carbons (Fsp3) is 0.182. The monoisotopic (exact) mass is 425 g/mol. The van der Waals surface area contributed by atoms with Gasteiger partial charge in [0.15, 0.2) is 0 Å². The summed E-state index contributed by atoms with van der Waals surface area (Å²) in [7, 11) is -3.84. The van der Waals surface area contributed by atoms with E-state index in [9.17, 15) is 17.6 Å². The van der Waals surface area contributed by atoms with Gasteiger partial charge in [0, 0.05) is 36.2 Å². The van der Waals surface area contributed by atoms with Crippen LogP contribution in [0.1, 0.15) is 28.8 Å². The van der Waals surface area contributed by atoms with E-state index >= 15 is 0 Å². The second-order valence-electron chi connectivity index (χ2n) is 7.16. The van der Waals surface area contributed by atoms with Crippen LogP contribution in [0, 0.1) is 5.82 Å². The maximum atomic E-state index is 13.0. The van der Waals surface area contributed by atoms with Gasteiger partial charge in [-0.05, 0) is 73.0 Å². The second kappa shape index (κ2) is 8.23. The Kier molecular flexibility index (Phi) is 5.50. The van der Waals surface area contributed by atoms with Crippen LogP contribution in [0.25, 0.3) is 0 Å². The van der Waals surface area contributed by atoms with Gasteiger partial charge in [0.05, 0.1) is 4.90 Å². The first-order valence-corrected chi connectivity index (χ1v) is 11.0. The van der Waals surface area contributed by atoms with Crippen LogP contribution in [-0.4, -0.2) is 30.3 Å². The highest BCUT2D eigenvalue weighted by molar-refractivity contribution is 7.92. The summed E-state index contributed by atoms with van der Waals surface area (Å²) in [5, 5.41) is 0. The molecule has 0 aliphatic heterocycles. The molecule has 3 aromatic rings. The largest absolute Gasteiger partial charge is 0.331 e. The van der Waals surface area contributed by atoms with E-state index in [-0.39, 0.29) is 16.8 Å². The first kappa shape index (κ1) is 20.0. The highest BCUT2D eigenvalue weighted by Crippen LogP contribution is 2.30. The molecule has 4 rings (SSSR count). The normalized spacial score (nSPS) is 13.6. The van der Waals surface area contributed by atoms with Gasteiger partial charge in [0.25, 0.3) is 15.9 Å². The van der Waals surface area contributed by atoms with Crippen LogP contribution in [0.4, 0.5) is 10.1 Å². The van der Waals surface area contributed by atoms with Crippen molar-refractivity contribution in [2.24, 2.45) is 0 Å². The molecule has 1 fully saturated rings. The van der Waals surface area contributed by atoms with Crippen molar-refractivity contribution in [2.75, 3.05) is 4.72 Å². The summed E-state index contributed by atoms with van der Waals surface area (Å²) in [6, 6.07) is 14.9. The van der Waals surface area contributed by atoms with Crippen LogP contribution in [0.2, 0.25) is 0 Å². The highest BCUT2D eigenvalue weighted by Gasteiger charge is 2.33. The minimum absolute atomic E-state index is 0.0413. The van der Waals surface area contributed by atoms with Crippen LogP contribution in [0.15, 0.2) is 78.0 Å². The molecule has 154 valence electrons. The number of aromatic nitrogens is 1. The zero-order valence-corrected chi connectivity index (χ0v) is 16.8. The van der Waals surface area contributed by atoms with Crippen LogP contribution in [0.5, 0.6) is 0 Å². The molecule has 0 saturated heterocycles. The third-order valence-electron chi connectivity index (χ3n) is 4.83. The number of benzene rings is 2. The number of halogens is 1. The van der Waals surface area contributed by atoms with E-state index in [1.807, 2.05) is 17.0 Å². The van der Waals surface area contributed by atoms with E-state index < -0.39 is 15.8 Å². The number of nitrogens with zero attached hydrogens (tertiary/aromatic N) is 2. The molecular weight excluding hydrogens is 405 g/mol. The van der Waals surface area contributed by atoms with Crippen molar-refractivity contribution in [1.82, 2.24) is 9.88 Å². The average Bonchev–Trinajstić information content (AvgIpc) is 3.58. The molecule has 0 bridgehead atoms.